The molecule has 0 aliphatic rings. The van der Waals surface area contributed by atoms with Crippen LogP contribution in [0, 0.1) is 12.7 Å². The van der Waals surface area contributed by atoms with Crippen LogP contribution in [-0.2, 0) is 16.1 Å². The van der Waals surface area contributed by atoms with Crippen molar-refractivity contribution in [1.82, 2.24) is 10.3 Å². The minimum absolute atomic E-state index is 0.0553. The van der Waals surface area contributed by atoms with Crippen LogP contribution in [0.4, 0.5) is 10.2 Å². The van der Waals surface area contributed by atoms with Crippen LogP contribution in [0.1, 0.15) is 11.1 Å². The van der Waals surface area contributed by atoms with Crippen LogP contribution in [0.3, 0.4) is 0 Å². The number of nitrogens with one attached hydrogen (secondary N) is 2. The van der Waals surface area contributed by atoms with E-state index in [1.807, 2.05) is 6.92 Å². The van der Waals surface area contributed by atoms with E-state index < -0.39 is 17.6 Å². The number of benzene rings is 1. The SMILES string of the molecule is Cc1ccc(NC(=O)C(=O)NCc2ccccc2F)nc1. The number of carbonyl (C=O) groups excluding carboxylic acids is 2. The molecular weight excluding hydrogens is 273 g/mol. The highest BCUT2D eigenvalue weighted by molar-refractivity contribution is 6.39. The molecule has 6 heteroatoms. The molecule has 0 fully saturated rings. The van der Waals surface area contributed by atoms with Crippen molar-refractivity contribution >= 4 is 17.6 Å². The molecular formula is C15H14FN3O2. The number of carbonyl (C=O) groups is 2. The fourth-order valence-electron chi connectivity index (χ4n) is 1.61. The molecule has 2 rings (SSSR count). The second-order valence-corrected chi connectivity index (χ2v) is 4.45. The number of amides is 2. The standard InChI is InChI=1S/C15H14FN3O2/c1-10-6-7-13(17-8-10)19-15(21)14(20)18-9-11-4-2-3-5-12(11)16/h2-8H,9H2,1H3,(H,18,20)(H,17,19,21). The summed E-state index contributed by atoms with van der Waals surface area (Å²) in [5.74, 6) is -1.84. The van der Waals surface area contributed by atoms with E-state index in [0.717, 1.165) is 5.56 Å². The number of hydrogen-bond acceptors (Lipinski definition) is 3. The Hall–Kier alpha value is -2.76. The zero-order valence-electron chi connectivity index (χ0n) is 11.4. The van der Waals surface area contributed by atoms with Gasteiger partial charge in [0.1, 0.15) is 11.6 Å². The maximum absolute atomic E-state index is 13.4. The lowest BCUT2D eigenvalue weighted by Crippen LogP contribution is -2.35. The van der Waals surface area contributed by atoms with Crippen molar-refractivity contribution in [1.29, 1.82) is 0 Å². The van der Waals surface area contributed by atoms with Gasteiger partial charge in [-0.15, -0.1) is 0 Å². The molecule has 0 atom stereocenters. The summed E-state index contributed by atoms with van der Waals surface area (Å²) < 4.78 is 13.4. The van der Waals surface area contributed by atoms with Gasteiger partial charge < -0.3 is 10.6 Å². The maximum Gasteiger partial charge on any atom is 0.314 e. The molecule has 5 nitrogen and oxygen atoms in total. The molecule has 1 aromatic carbocycles. The second-order valence-electron chi connectivity index (χ2n) is 4.45. The third-order valence-electron chi connectivity index (χ3n) is 2.76. The molecule has 1 aromatic heterocycles. The number of hydrogen-bond donors (Lipinski definition) is 2. The molecule has 2 N–H and O–H groups in total. The summed E-state index contributed by atoms with van der Waals surface area (Å²) in [6, 6.07) is 9.39. The molecule has 2 aromatic rings. The van der Waals surface area contributed by atoms with Crippen LogP contribution in [-0.4, -0.2) is 16.8 Å². The van der Waals surface area contributed by atoms with Crippen molar-refractivity contribution in [2.75, 3.05) is 5.32 Å². The molecule has 0 saturated heterocycles. The number of anilines is 1. The number of pyridine rings is 1. The van der Waals surface area contributed by atoms with Gasteiger partial charge in [0.25, 0.3) is 0 Å². The first-order valence-electron chi connectivity index (χ1n) is 6.31. The summed E-state index contributed by atoms with van der Waals surface area (Å²) in [6.45, 7) is 1.81. The monoisotopic (exact) mass is 287 g/mol. The predicted octanol–water partition coefficient (Wildman–Crippen LogP) is 1.78. The smallest absolute Gasteiger partial charge is 0.314 e. The van der Waals surface area contributed by atoms with E-state index >= 15 is 0 Å². The summed E-state index contributed by atoms with van der Waals surface area (Å²) >= 11 is 0. The average molecular weight is 287 g/mol. The first-order valence-corrected chi connectivity index (χ1v) is 6.31. The van der Waals surface area contributed by atoms with E-state index in [1.54, 1.807) is 30.5 Å². The molecule has 21 heavy (non-hydrogen) atoms. The summed E-state index contributed by atoms with van der Waals surface area (Å²) in [6.07, 6.45) is 1.58. The summed E-state index contributed by atoms with van der Waals surface area (Å²) in [5, 5.41) is 4.72. The van der Waals surface area contributed by atoms with E-state index in [4.69, 9.17) is 0 Å². The minimum Gasteiger partial charge on any atom is -0.344 e. The number of rotatable bonds is 3. The van der Waals surface area contributed by atoms with Gasteiger partial charge in [0.15, 0.2) is 0 Å². The Morgan fingerprint density at radius 3 is 2.57 bits per heavy atom. The van der Waals surface area contributed by atoms with Crippen molar-refractivity contribution in [2.45, 2.75) is 13.5 Å². The van der Waals surface area contributed by atoms with Crippen molar-refractivity contribution in [3.63, 3.8) is 0 Å². The zero-order valence-corrected chi connectivity index (χ0v) is 11.4. The van der Waals surface area contributed by atoms with Crippen LogP contribution in [0.25, 0.3) is 0 Å². The predicted molar refractivity (Wildman–Crippen MR) is 75.9 cm³/mol. The number of aromatic nitrogens is 1. The van der Waals surface area contributed by atoms with Gasteiger partial charge in [0.2, 0.25) is 0 Å². The quantitative estimate of drug-likeness (QED) is 0.845. The molecule has 0 aliphatic heterocycles. The lowest BCUT2D eigenvalue weighted by atomic mass is 10.2. The first-order chi connectivity index (χ1) is 10.1. The van der Waals surface area contributed by atoms with Crippen LogP contribution in [0.15, 0.2) is 42.6 Å². The van der Waals surface area contributed by atoms with Crippen molar-refractivity contribution < 1.29 is 14.0 Å². The Bertz CT molecular complexity index is 656. The van der Waals surface area contributed by atoms with E-state index in [1.165, 1.54) is 12.1 Å². The van der Waals surface area contributed by atoms with Crippen LogP contribution in [0.5, 0.6) is 0 Å². The average Bonchev–Trinajstić information content (AvgIpc) is 2.48. The third-order valence-corrected chi connectivity index (χ3v) is 2.76. The summed E-state index contributed by atoms with van der Waals surface area (Å²) in [7, 11) is 0. The van der Waals surface area contributed by atoms with Gasteiger partial charge >= 0.3 is 11.8 Å². The lowest BCUT2D eigenvalue weighted by Gasteiger charge is -2.07. The fraction of sp³-hybridized carbons (Fsp3) is 0.133. The second kappa shape index (κ2) is 6.60. The van der Waals surface area contributed by atoms with E-state index in [0.29, 0.717) is 5.56 Å². The molecule has 108 valence electrons. The third kappa shape index (κ3) is 4.10. The highest BCUT2D eigenvalue weighted by atomic mass is 19.1. The summed E-state index contributed by atoms with van der Waals surface area (Å²) in [5.41, 5.74) is 1.25. The minimum atomic E-state index is -0.847. The van der Waals surface area contributed by atoms with Gasteiger partial charge in [0, 0.05) is 18.3 Å². The van der Waals surface area contributed by atoms with E-state index in [-0.39, 0.29) is 12.4 Å². The number of aryl methyl sites for hydroxylation is 1. The molecule has 0 spiro atoms. The first kappa shape index (κ1) is 14.6. The molecule has 0 bridgehead atoms. The molecule has 0 saturated carbocycles. The van der Waals surface area contributed by atoms with Crippen LogP contribution in [0.2, 0.25) is 0 Å². The highest BCUT2D eigenvalue weighted by Crippen LogP contribution is 2.06. The van der Waals surface area contributed by atoms with Crippen LogP contribution < -0.4 is 10.6 Å². The molecule has 0 aliphatic carbocycles. The van der Waals surface area contributed by atoms with Gasteiger partial charge in [-0.2, -0.15) is 0 Å². The summed E-state index contributed by atoms with van der Waals surface area (Å²) in [4.78, 5) is 27.2. The zero-order chi connectivity index (χ0) is 15.2. The van der Waals surface area contributed by atoms with Crippen molar-refractivity contribution in [3.8, 4) is 0 Å². The topological polar surface area (TPSA) is 71.1 Å². The largest absolute Gasteiger partial charge is 0.344 e. The van der Waals surface area contributed by atoms with Gasteiger partial charge in [-0.1, -0.05) is 24.3 Å². The van der Waals surface area contributed by atoms with Crippen molar-refractivity contribution in [2.24, 2.45) is 0 Å². The Labute approximate surface area is 121 Å². The maximum atomic E-state index is 13.4. The Morgan fingerprint density at radius 1 is 1.14 bits per heavy atom. The molecule has 0 unspecified atom stereocenters. The Balaban J connectivity index is 1.90. The molecule has 0 radical (unpaired) electrons. The molecule has 2 amide bonds. The highest BCUT2D eigenvalue weighted by Gasteiger charge is 2.14. The lowest BCUT2D eigenvalue weighted by molar-refractivity contribution is -0.136. The van der Waals surface area contributed by atoms with Crippen LogP contribution >= 0.6 is 0 Å². The van der Waals surface area contributed by atoms with Crippen molar-refractivity contribution in [3.05, 3.63) is 59.5 Å². The molecule has 1 heterocycles. The van der Waals surface area contributed by atoms with Gasteiger partial charge in [-0.25, -0.2) is 9.37 Å². The number of nitrogens with zero attached hydrogens (tertiary/aromatic N) is 1. The Morgan fingerprint density at radius 2 is 1.90 bits per heavy atom. The van der Waals surface area contributed by atoms with E-state index in [2.05, 4.69) is 15.6 Å². The Kier molecular flexibility index (Phi) is 4.61. The number of halogens is 1. The van der Waals surface area contributed by atoms with Gasteiger partial charge in [0.05, 0.1) is 0 Å². The fourth-order valence-corrected chi connectivity index (χ4v) is 1.61. The normalized spacial score (nSPS) is 10.0. The van der Waals surface area contributed by atoms with Gasteiger partial charge in [-0.3, -0.25) is 9.59 Å². The van der Waals surface area contributed by atoms with E-state index in [9.17, 15) is 14.0 Å². The van der Waals surface area contributed by atoms with Gasteiger partial charge in [-0.05, 0) is 24.6 Å².